The molecule has 1 unspecified atom stereocenters. The van der Waals surface area contributed by atoms with E-state index in [1.54, 1.807) is 6.07 Å². The van der Waals surface area contributed by atoms with Crippen molar-refractivity contribution < 1.29 is 4.39 Å². The average molecular weight is 283 g/mol. The summed E-state index contributed by atoms with van der Waals surface area (Å²) >= 11 is 5.83. The second-order valence-electron chi connectivity index (χ2n) is 5.76. The lowest BCUT2D eigenvalue weighted by Gasteiger charge is -2.33. The molecule has 1 aromatic rings. The first-order chi connectivity index (χ1) is 9.20. The van der Waals surface area contributed by atoms with E-state index < -0.39 is 0 Å². The molecule has 104 valence electrons. The Bertz CT molecular complexity index is 448. The highest BCUT2D eigenvalue weighted by Gasteiger charge is 2.27. The summed E-state index contributed by atoms with van der Waals surface area (Å²) in [6.45, 7) is 3.08. The summed E-state index contributed by atoms with van der Waals surface area (Å²) < 4.78 is 13.1. The Labute approximate surface area is 118 Å². The van der Waals surface area contributed by atoms with Crippen LogP contribution in [0.5, 0.6) is 0 Å². The number of rotatable bonds is 4. The Hall–Kier alpha value is -0.640. The minimum atomic E-state index is -0.336. The van der Waals surface area contributed by atoms with Gasteiger partial charge in [-0.15, -0.1) is 0 Å². The summed E-state index contributed by atoms with van der Waals surface area (Å²) in [4.78, 5) is 2.44. The minimum absolute atomic E-state index is 0.224. The Kier molecular flexibility index (Phi) is 4.06. The zero-order valence-electron chi connectivity index (χ0n) is 11.0. The first kappa shape index (κ1) is 13.3. The lowest BCUT2D eigenvalue weighted by molar-refractivity contribution is 0.182. The largest absolute Gasteiger partial charge is 0.310 e. The van der Waals surface area contributed by atoms with Crippen LogP contribution in [0.3, 0.4) is 0 Å². The standard InChI is InChI=1S/C15H20ClFN2/c16-14-8-11(3-6-15(14)17)9-19-7-1-2-13(10-19)18-12-4-5-12/h3,6,8,12-13,18H,1-2,4-5,7,9-10H2. The molecular formula is C15H20ClFN2. The Morgan fingerprint density at radius 1 is 1.26 bits per heavy atom. The van der Waals surface area contributed by atoms with E-state index in [0.717, 1.165) is 31.2 Å². The van der Waals surface area contributed by atoms with Crippen LogP contribution in [0.15, 0.2) is 18.2 Å². The fourth-order valence-electron chi connectivity index (χ4n) is 2.81. The van der Waals surface area contributed by atoms with Gasteiger partial charge in [-0.1, -0.05) is 17.7 Å². The molecule has 0 spiro atoms. The molecule has 2 fully saturated rings. The number of hydrogen-bond acceptors (Lipinski definition) is 2. The molecule has 1 saturated heterocycles. The molecule has 1 N–H and O–H groups in total. The molecule has 2 aliphatic rings. The van der Waals surface area contributed by atoms with E-state index >= 15 is 0 Å². The molecule has 0 amide bonds. The maximum Gasteiger partial charge on any atom is 0.141 e. The number of hydrogen-bond donors (Lipinski definition) is 1. The molecule has 2 nitrogen and oxygen atoms in total. The van der Waals surface area contributed by atoms with Gasteiger partial charge in [-0.2, -0.15) is 0 Å². The smallest absolute Gasteiger partial charge is 0.141 e. The summed E-state index contributed by atoms with van der Waals surface area (Å²) in [5.74, 6) is -0.336. The molecule has 1 atom stereocenters. The number of piperidine rings is 1. The van der Waals surface area contributed by atoms with E-state index in [0.29, 0.717) is 6.04 Å². The van der Waals surface area contributed by atoms with Crippen molar-refractivity contribution in [1.29, 1.82) is 0 Å². The van der Waals surface area contributed by atoms with Gasteiger partial charge in [0.1, 0.15) is 5.82 Å². The molecular weight excluding hydrogens is 263 g/mol. The first-order valence-corrected chi connectivity index (χ1v) is 7.51. The average Bonchev–Trinajstić information content (AvgIpc) is 3.18. The first-order valence-electron chi connectivity index (χ1n) is 7.13. The van der Waals surface area contributed by atoms with Crippen molar-refractivity contribution in [3.63, 3.8) is 0 Å². The van der Waals surface area contributed by atoms with Crippen LogP contribution in [-0.2, 0) is 6.54 Å². The molecule has 1 aromatic carbocycles. The van der Waals surface area contributed by atoms with Crippen molar-refractivity contribution in [3.8, 4) is 0 Å². The topological polar surface area (TPSA) is 15.3 Å². The van der Waals surface area contributed by atoms with Gasteiger partial charge in [0.2, 0.25) is 0 Å². The molecule has 1 aliphatic heterocycles. The number of nitrogens with one attached hydrogen (secondary N) is 1. The molecule has 0 bridgehead atoms. The highest BCUT2D eigenvalue weighted by Crippen LogP contribution is 2.23. The molecule has 0 radical (unpaired) electrons. The van der Waals surface area contributed by atoms with Gasteiger partial charge in [-0.3, -0.25) is 4.90 Å². The van der Waals surface area contributed by atoms with Gasteiger partial charge in [0.05, 0.1) is 5.02 Å². The predicted octanol–water partition coefficient (Wildman–Crippen LogP) is 3.20. The predicted molar refractivity (Wildman–Crippen MR) is 75.9 cm³/mol. The van der Waals surface area contributed by atoms with Crippen LogP contribution < -0.4 is 5.32 Å². The number of likely N-dealkylation sites (tertiary alicyclic amines) is 1. The third-order valence-electron chi connectivity index (χ3n) is 3.94. The number of halogens is 2. The van der Waals surface area contributed by atoms with Gasteiger partial charge in [-0.05, 0) is 49.9 Å². The normalized spacial score (nSPS) is 24.6. The van der Waals surface area contributed by atoms with E-state index in [9.17, 15) is 4.39 Å². The fourth-order valence-corrected chi connectivity index (χ4v) is 3.02. The quantitative estimate of drug-likeness (QED) is 0.912. The van der Waals surface area contributed by atoms with Crippen LogP contribution in [0.4, 0.5) is 4.39 Å². The van der Waals surface area contributed by atoms with Crippen LogP contribution in [-0.4, -0.2) is 30.1 Å². The molecule has 1 heterocycles. The van der Waals surface area contributed by atoms with Crippen molar-refractivity contribution in [2.24, 2.45) is 0 Å². The lowest BCUT2D eigenvalue weighted by atomic mass is 10.0. The Balaban J connectivity index is 1.57. The van der Waals surface area contributed by atoms with Crippen molar-refractivity contribution in [2.45, 2.75) is 44.3 Å². The molecule has 4 heteroatoms. The zero-order valence-corrected chi connectivity index (χ0v) is 11.8. The molecule has 19 heavy (non-hydrogen) atoms. The van der Waals surface area contributed by atoms with Crippen molar-refractivity contribution in [3.05, 3.63) is 34.6 Å². The lowest BCUT2D eigenvalue weighted by Crippen LogP contribution is -2.46. The van der Waals surface area contributed by atoms with Crippen molar-refractivity contribution in [2.75, 3.05) is 13.1 Å². The van der Waals surface area contributed by atoms with E-state index in [-0.39, 0.29) is 10.8 Å². The van der Waals surface area contributed by atoms with Crippen LogP contribution in [0, 0.1) is 5.82 Å². The van der Waals surface area contributed by atoms with Gasteiger partial charge in [0.15, 0.2) is 0 Å². The fraction of sp³-hybridized carbons (Fsp3) is 0.600. The van der Waals surface area contributed by atoms with E-state index in [1.807, 2.05) is 6.07 Å². The second kappa shape index (κ2) is 5.78. The van der Waals surface area contributed by atoms with Crippen LogP contribution in [0.25, 0.3) is 0 Å². The van der Waals surface area contributed by atoms with Gasteiger partial charge >= 0.3 is 0 Å². The third kappa shape index (κ3) is 3.68. The zero-order chi connectivity index (χ0) is 13.2. The van der Waals surface area contributed by atoms with Gasteiger partial charge < -0.3 is 5.32 Å². The number of benzene rings is 1. The Morgan fingerprint density at radius 2 is 2.11 bits per heavy atom. The van der Waals surface area contributed by atoms with Gasteiger partial charge in [0.25, 0.3) is 0 Å². The third-order valence-corrected chi connectivity index (χ3v) is 4.23. The van der Waals surface area contributed by atoms with E-state index in [1.165, 1.54) is 31.7 Å². The van der Waals surface area contributed by atoms with Crippen LogP contribution >= 0.6 is 11.6 Å². The number of nitrogens with zero attached hydrogens (tertiary/aromatic N) is 1. The highest BCUT2D eigenvalue weighted by molar-refractivity contribution is 6.30. The summed E-state index contributed by atoms with van der Waals surface area (Å²) in [6, 6.07) is 6.43. The summed E-state index contributed by atoms with van der Waals surface area (Å²) in [5.41, 5.74) is 1.10. The maximum atomic E-state index is 13.1. The monoisotopic (exact) mass is 282 g/mol. The molecule has 1 saturated carbocycles. The van der Waals surface area contributed by atoms with Crippen molar-refractivity contribution in [1.82, 2.24) is 10.2 Å². The van der Waals surface area contributed by atoms with Gasteiger partial charge in [-0.25, -0.2) is 4.39 Å². The van der Waals surface area contributed by atoms with Crippen LogP contribution in [0.2, 0.25) is 5.02 Å². The van der Waals surface area contributed by atoms with E-state index in [4.69, 9.17) is 11.6 Å². The van der Waals surface area contributed by atoms with E-state index in [2.05, 4.69) is 10.2 Å². The highest BCUT2D eigenvalue weighted by atomic mass is 35.5. The molecule has 0 aromatic heterocycles. The van der Waals surface area contributed by atoms with Crippen LogP contribution in [0.1, 0.15) is 31.2 Å². The van der Waals surface area contributed by atoms with Crippen molar-refractivity contribution >= 4 is 11.6 Å². The summed E-state index contributed by atoms with van der Waals surface area (Å²) in [6.07, 6.45) is 5.19. The maximum absolute atomic E-state index is 13.1. The Morgan fingerprint density at radius 3 is 2.84 bits per heavy atom. The second-order valence-corrected chi connectivity index (χ2v) is 6.17. The minimum Gasteiger partial charge on any atom is -0.310 e. The van der Waals surface area contributed by atoms with Gasteiger partial charge in [0, 0.05) is 25.2 Å². The SMILES string of the molecule is Fc1ccc(CN2CCCC(NC3CC3)C2)cc1Cl. The summed E-state index contributed by atoms with van der Waals surface area (Å²) in [7, 11) is 0. The molecule has 3 rings (SSSR count). The summed E-state index contributed by atoms with van der Waals surface area (Å²) in [5, 5.41) is 3.93. The molecule has 1 aliphatic carbocycles.